The Kier molecular flexibility index (Phi) is 5.38. The predicted molar refractivity (Wildman–Crippen MR) is 116 cm³/mol. The molecule has 0 fully saturated rings. The minimum absolute atomic E-state index is 0.269. The Morgan fingerprint density at radius 1 is 1.00 bits per heavy atom. The molecular weight excluding hydrogens is 362 g/mol. The van der Waals surface area contributed by atoms with Gasteiger partial charge in [-0.1, -0.05) is 48.5 Å². The molecule has 1 N–H and O–H groups in total. The summed E-state index contributed by atoms with van der Waals surface area (Å²) in [5, 5.41) is 5.31. The number of nitrogens with zero attached hydrogens (tertiary/aromatic N) is 2. The number of para-hydroxylation sites is 1. The van der Waals surface area contributed by atoms with Gasteiger partial charge >= 0.3 is 0 Å². The van der Waals surface area contributed by atoms with E-state index in [1.165, 1.54) is 5.56 Å². The van der Waals surface area contributed by atoms with E-state index in [1.54, 1.807) is 37.6 Å². The topological polar surface area (TPSA) is 55.6 Å². The molecule has 4 aromatic rings. The van der Waals surface area contributed by atoms with Crippen molar-refractivity contribution in [3.8, 4) is 5.75 Å². The van der Waals surface area contributed by atoms with Crippen molar-refractivity contribution in [2.75, 3.05) is 7.11 Å². The van der Waals surface area contributed by atoms with Gasteiger partial charge in [0.1, 0.15) is 5.75 Å². The van der Waals surface area contributed by atoms with Crippen LogP contribution in [0.4, 0.5) is 0 Å². The first-order valence-corrected chi connectivity index (χ1v) is 9.34. The van der Waals surface area contributed by atoms with E-state index in [4.69, 9.17) is 4.74 Å². The van der Waals surface area contributed by atoms with E-state index in [9.17, 15) is 4.79 Å². The molecule has 0 spiro atoms. The Balaban J connectivity index is 1.56. The van der Waals surface area contributed by atoms with E-state index in [2.05, 4.69) is 45.4 Å². The molecule has 5 nitrogen and oxygen atoms in total. The quantitative estimate of drug-likeness (QED) is 0.395. The fourth-order valence-electron chi connectivity index (χ4n) is 3.25. The zero-order chi connectivity index (χ0) is 20.1. The van der Waals surface area contributed by atoms with E-state index < -0.39 is 0 Å². The molecule has 0 unspecified atom stereocenters. The fraction of sp³-hybridized carbons (Fsp3) is 0.0833. The van der Waals surface area contributed by atoms with Crippen molar-refractivity contribution in [1.82, 2.24) is 9.99 Å². The number of rotatable bonds is 6. The lowest BCUT2D eigenvalue weighted by Crippen LogP contribution is -2.17. The highest BCUT2D eigenvalue weighted by atomic mass is 16.5. The Hall–Kier alpha value is -3.86. The molecule has 0 bridgehead atoms. The summed E-state index contributed by atoms with van der Waals surface area (Å²) in [6, 6.07) is 27.4. The molecule has 0 aliphatic heterocycles. The average molecular weight is 383 g/mol. The van der Waals surface area contributed by atoms with Crippen LogP contribution in [-0.4, -0.2) is 23.8 Å². The van der Waals surface area contributed by atoms with Crippen molar-refractivity contribution in [3.05, 3.63) is 102 Å². The van der Waals surface area contributed by atoms with Gasteiger partial charge in [-0.15, -0.1) is 0 Å². The van der Waals surface area contributed by atoms with Crippen LogP contribution in [0.3, 0.4) is 0 Å². The summed E-state index contributed by atoms with van der Waals surface area (Å²) in [6.45, 7) is 0.724. The third-order valence-corrected chi connectivity index (χ3v) is 4.74. The van der Waals surface area contributed by atoms with Gasteiger partial charge in [0.25, 0.3) is 5.91 Å². The monoisotopic (exact) mass is 383 g/mol. The van der Waals surface area contributed by atoms with Crippen molar-refractivity contribution < 1.29 is 9.53 Å². The van der Waals surface area contributed by atoms with Crippen LogP contribution in [0.5, 0.6) is 5.75 Å². The molecule has 1 amide bonds. The van der Waals surface area contributed by atoms with Crippen molar-refractivity contribution >= 4 is 23.0 Å². The molecule has 144 valence electrons. The Bertz CT molecular complexity index is 1150. The Labute approximate surface area is 169 Å². The minimum atomic E-state index is -0.269. The molecule has 5 heteroatoms. The molecule has 4 rings (SSSR count). The third kappa shape index (κ3) is 4.19. The van der Waals surface area contributed by atoms with Crippen LogP contribution in [-0.2, 0) is 6.54 Å². The van der Waals surface area contributed by atoms with Crippen LogP contribution in [0.2, 0.25) is 0 Å². The number of aromatic nitrogens is 1. The highest BCUT2D eigenvalue weighted by Gasteiger charge is 2.08. The van der Waals surface area contributed by atoms with E-state index in [-0.39, 0.29) is 5.91 Å². The zero-order valence-corrected chi connectivity index (χ0v) is 16.1. The van der Waals surface area contributed by atoms with Crippen LogP contribution >= 0.6 is 0 Å². The van der Waals surface area contributed by atoms with Crippen molar-refractivity contribution in [2.45, 2.75) is 6.54 Å². The van der Waals surface area contributed by atoms with Crippen LogP contribution in [0.25, 0.3) is 10.9 Å². The number of nitrogens with one attached hydrogen (secondary N) is 1. The van der Waals surface area contributed by atoms with Crippen LogP contribution in [0.15, 0.2) is 90.0 Å². The lowest BCUT2D eigenvalue weighted by molar-refractivity contribution is 0.0955. The van der Waals surface area contributed by atoms with Gasteiger partial charge in [-0.05, 0) is 42.0 Å². The summed E-state index contributed by atoms with van der Waals surface area (Å²) in [7, 11) is 1.59. The number of carbonyl (C=O) groups is 1. The summed E-state index contributed by atoms with van der Waals surface area (Å²) < 4.78 is 7.30. The molecule has 0 aliphatic rings. The first-order chi connectivity index (χ1) is 14.2. The van der Waals surface area contributed by atoms with E-state index in [0.29, 0.717) is 11.3 Å². The standard InChI is InChI=1S/C24H21N3O2/c1-29-22-13-11-19(12-14-22)24(28)26-25-16-21-15-20-9-5-6-10-23(20)27(21)17-18-7-3-2-4-8-18/h2-16H,17H2,1H3,(H,26,28). The maximum absolute atomic E-state index is 12.3. The normalized spacial score (nSPS) is 11.1. The molecule has 1 heterocycles. The van der Waals surface area contributed by atoms with Gasteiger partial charge < -0.3 is 9.30 Å². The van der Waals surface area contributed by atoms with Gasteiger partial charge in [0.05, 0.1) is 19.0 Å². The zero-order valence-electron chi connectivity index (χ0n) is 16.1. The summed E-state index contributed by atoms with van der Waals surface area (Å²) in [6.07, 6.45) is 1.68. The number of hydrazone groups is 1. The summed E-state index contributed by atoms with van der Waals surface area (Å²) in [5.41, 5.74) is 6.36. The number of ether oxygens (including phenoxy) is 1. The molecule has 0 aliphatic carbocycles. The molecule has 0 atom stereocenters. The lowest BCUT2D eigenvalue weighted by atomic mass is 10.2. The second-order valence-electron chi connectivity index (χ2n) is 6.63. The summed E-state index contributed by atoms with van der Waals surface area (Å²) >= 11 is 0. The van der Waals surface area contributed by atoms with Gasteiger partial charge in [0.2, 0.25) is 0 Å². The molecule has 0 saturated heterocycles. The number of hydrogen-bond donors (Lipinski definition) is 1. The second kappa shape index (κ2) is 8.44. The number of benzene rings is 3. The van der Waals surface area contributed by atoms with Gasteiger partial charge in [-0.2, -0.15) is 5.10 Å². The maximum atomic E-state index is 12.3. The fourth-order valence-corrected chi connectivity index (χ4v) is 3.25. The lowest BCUT2D eigenvalue weighted by Gasteiger charge is -2.08. The molecule has 0 saturated carbocycles. The smallest absolute Gasteiger partial charge is 0.271 e. The molecule has 3 aromatic carbocycles. The van der Waals surface area contributed by atoms with Gasteiger partial charge in [-0.25, -0.2) is 5.43 Å². The Morgan fingerprint density at radius 3 is 2.48 bits per heavy atom. The summed E-state index contributed by atoms with van der Waals surface area (Å²) in [4.78, 5) is 12.3. The number of hydrogen-bond acceptors (Lipinski definition) is 3. The second-order valence-corrected chi connectivity index (χ2v) is 6.63. The number of fused-ring (bicyclic) bond motifs is 1. The summed E-state index contributed by atoms with van der Waals surface area (Å²) in [5.74, 6) is 0.435. The Morgan fingerprint density at radius 2 is 1.72 bits per heavy atom. The predicted octanol–water partition coefficient (Wildman–Crippen LogP) is 4.46. The van der Waals surface area contributed by atoms with Crippen LogP contribution in [0.1, 0.15) is 21.6 Å². The molecule has 0 radical (unpaired) electrons. The van der Waals surface area contributed by atoms with Crippen LogP contribution < -0.4 is 10.2 Å². The highest BCUT2D eigenvalue weighted by Crippen LogP contribution is 2.20. The van der Waals surface area contributed by atoms with Gasteiger partial charge in [0, 0.05) is 23.0 Å². The van der Waals surface area contributed by atoms with Gasteiger partial charge in [0.15, 0.2) is 0 Å². The first-order valence-electron chi connectivity index (χ1n) is 9.34. The minimum Gasteiger partial charge on any atom is -0.497 e. The molecule has 29 heavy (non-hydrogen) atoms. The SMILES string of the molecule is COc1ccc(C(=O)NN=Cc2cc3ccccc3n2Cc2ccccc2)cc1. The largest absolute Gasteiger partial charge is 0.497 e. The number of amides is 1. The molecular formula is C24H21N3O2. The highest BCUT2D eigenvalue weighted by molar-refractivity contribution is 5.95. The number of methoxy groups -OCH3 is 1. The molecule has 1 aromatic heterocycles. The van der Waals surface area contributed by atoms with Crippen molar-refractivity contribution in [2.24, 2.45) is 5.10 Å². The van der Waals surface area contributed by atoms with Crippen LogP contribution in [0, 0.1) is 0 Å². The van der Waals surface area contributed by atoms with Gasteiger partial charge in [-0.3, -0.25) is 4.79 Å². The first kappa shape index (κ1) is 18.5. The van der Waals surface area contributed by atoms with Crippen molar-refractivity contribution in [3.63, 3.8) is 0 Å². The average Bonchev–Trinajstić information content (AvgIpc) is 3.12. The van der Waals surface area contributed by atoms with Crippen molar-refractivity contribution in [1.29, 1.82) is 0 Å². The maximum Gasteiger partial charge on any atom is 0.271 e. The van der Waals surface area contributed by atoms with E-state index in [1.807, 2.05) is 30.3 Å². The van der Waals surface area contributed by atoms with E-state index in [0.717, 1.165) is 23.1 Å². The van der Waals surface area contributed by atoms with E-state index >= 15 is 0 Å². The third-order valence-electron chi connectivity index (χ3n) is 4.74. The number of carbonyl (C=O) groups excluding carboxylic acids is 1.